The Morgan fingerprint density at radius 2 is 1.80 bits per heavy atom. The Morgan fingerprint density at radius 1 is 1.07 bits per heavy atom. The Bertz CT molecular complexity index is 1640. The fourth-order valence-corrected chi connectivity index (χ4v) is 4.80. The van der Waals surface area contributed by atoms with E-state index in [1.165, 1.54) is 24.3 Å². The Morgan fingerprint density at radius 3 is 2.44 bits per heavy atom. The van der Waals surface area contributed by atoms with Gasteiger partial charge in [-0.15, -0.1) is 0 Å². The van der Waals surface area contributed by atoms with Crippen molar-refractivity contribution >= 4 is 27.3 Å². The topological polar surface area (TPSA) is 140 Å². The van der Waals surface area contributed by atoms with Gasteiger partial charge in [-0.25, -0.2) is 17.8 Å². The number of hydrogen-bond acceptors (Lipinski definition) is 6. The number of aliphatic imine (C=N–C) groups is 1. The summed E-state index contributed by atoms with van der Waals surface area (Å²) < 4.78 is 42.5. The highest BCUT2D eigenvalue weighted by Crippen LogP contribution is 2.28. The van der Waals surface area contributed by atoms with Crippen LogP contribution in [-0.2, 0) is 16.4 Å². The molecule has 0 bridgehead atoms. The first kappa shape index (κ1) is 29.7. The quantitative estimate of drug-likeness (QED) is 0.125. The molecule has 1 unspecified atom stereocenters. The zero-order valence-corrected chi connectivity index (χ0v) is 23.8. The van der Waals surface area contributed by atoms with Crippen molar-refractivity contribution in [3.05, 3.63) is 102 Å². The summed E-state index contributed by atoms with van der Waals surface area (Å²) in [4.78, 5) is 7.62. The van der Waals surface area contributed by atoms with Crippen LogP contribution in [0.25, 0.3) is 11.1 Å². The highest BCUT2D eigenvalue weighted by atomic mass is 32.2. The summed E-state index contributed by atoms with van der Waals surface area (Å²) in [5.41, 5.74) is 11.0. The minimum Gasteiger partial charge on any atom is -0.492 e. The number of guanidine groups is 1. The van der Waals surface area contributed by atoms with Gasteiger partial charge in [0.2, 0.25) is 0 Å². The second-order valence-electron chi connectivity index (χ2n) is 9.43. The van der Waals surface area contributed by atoms with E-state index in [0.29, 0.717) is 30.4 Å². The van der Waals surface area contributed by atoms with Gasteiger partial charge in [0.05, 0.1) is 23.4 Å². The SMILES string of the molecule is CCOc1cc(S(C)(=O)=O)ccc1NC(N)=Nc1ccc(-c2ccc(C(O)NCc3ccc(F)cc3)c(C)c2)c[nH+]1. The van der Waals surface area contributed by atoms with Crippen molar-refractivity contribution in [1.29, 1.82) is 0 Å². The van der Waals surface area contributed by atoms with Crippen molar-refractivity contribution in [2.24, 2.45) is 10.7 Å². The largest absolute Gasteiger partial charge is 0.492 e. The number of sulfone groups is 1. The summed E-state index contributed by atoms with van der Waals surface area (Å²) in [7, 11) is -3.39. The minimum absolute atomic E-state index is 0.0874. The van der Waals surface area contributed by atoms with Crippen LogP contribution < -0.4 is 26.1 Å². The summed E-state index contributed by atoms with van der Waals surface area (Å²) in [6, 6.07) is 20.1. The molecule has 0 spiro atoms. The summed E-state index contributed by atoms with van der Waals surface area (Å²) in [5.74, 6) is 0.637. The molecule has 0 radical (unpaired) electrons. The van der Waals surface area contributed by atoms with Crippen molar-refractivity contribution in [2.45, 2.75) is 31.5 Å². The number of pyridine rings is 1. The van der Waals surface area contributed by atoms with Gasteiger partial charge in [0.15, 0.2) is 9.84 Å². The van der Waals surface area contributed by atoms with Crippen LogP contribution >= 0.6 is 0 Å². The van der Waals surface area contributed by atoms with Crippen molar-refractivity contribution in [1.82, 2.24) is 5.32 Å². The van der Waals surface area contributed by atoms with Crippen LogP contribution in [0.4, 0.5) is 15.9 Å². The predicted molar refractivity (Wildman–Crippen MR) is 157 cm³/mol. The third kappa shape index (κ3) is 7.88. The maximum Gasteiger partial charge on any atom is 0.325 e. The van der Waals surface area contributed by atoms with Gasteiger partial charge in [-0.2, -0.15) is 0 Å². The number of aliphatic hydroxyl groups is 1. The molecule has 3 aromatic carbocycles. The first-order valence-corrected chi connectivity index (χ1v) is 14.8. The normalized spacial score (nSPS) is 12.7. The number of ether oxygens (including phenoxy) is 1. The molecule has 1 atom stereocenters. The number of halogens is 1. The van der Waals surface area contributed by atoms with Crippen molar-refractivity contribution in [3.8, 4) is 16.9 Å². The number of aryl methyl sites for hydroxylation is 1. The number of rotatable bonds is 10. The van der Waals surface area contributed by atoms with Crippen molar-refractivity contribution < 1.29 is 27.6 Å². The number of aromatic amines is 1. The summed E-state index contributed by atoms with van der Waals surface area (Å²) >= 11 is 0. The van der Waals surface area contributed by atoms with Gasteiger partial charge in [0.25, 0.3) is 0 Å². The minimum atomic E-state index is -3.39. The van der Waals surface area contributed by atoms with E-state index in [1.807, 2.05) is 31.2 Å². The van der Waals surface area contributed by atoms with Crippen LogP contribution in [0.3, 0.4) is 0 Å². The lowest BCUT2D eigenvalue weighted by Gasteiger charge is -2.16. The molecule has 11 heteroatoms. The van der Waals surface area contributed by atoms with E-state index in [-0.39, 0.29) is 16.7 Å². The molecular formula is C30H33FN5O4S+. The van der Waals surface area contributed by atoms with Crippen molar-refractivity contribution in [3.63, 3.8) is 0 Å². The van der Waals surface area contributed by atoms with E-state index in [9.17, 15) is 17.9 Å². The van der Waals surface area contributed by atoms with Gasteiger partial charge < -0.3 is 20.9 Å². The van der Waals surface area contributed by atoms with E-state index in [4.69, 9.17) is 10.5 Å². The Kier molecular flexibility index (Phi) is 9.33. The first-order chi connectivity index (χ1) is 19.5. The Balaban J connectivity index is 1.43. The van der Waals surface area contributed by atoms with E-state index >= 15 is 0 Å². The zero-order valence-electron chi connectivity index (χ0n) is 23.0. The molecule has 1 heterocycles. The summed E-state index contributed by atoms with van der Waals surface area (Å²) in [6.45, 7) is 4.47. The van der Waals surface area contributed by atoms with Crippen LogP contribution in [0.2, 0.25) is 0 Å². The van der Waals surface area contributed by atoms with Gasteiger partial charge in [-0.05, 0) is 71.4 Å². The van der Waals surface area contributed by atoms with E-state index in [1.54, 1.807) is 37.4 Å². The van der Waals surface area contributed by atoms with Crippen LogP contribution in [0.15, 0.2) is 88.9 Å². The standard InChI is InChI=1S/C30H32FN5O4S/c1-4-40-27-16-24(41(3,38)39)11-13-26(27)35-30(32)36-28-14-8-22(18-33-28)21-7-12-25(19(2)15-21)29(37)34-17-20-5-9-23(31)10-6-20/h5-16,18,29,34,37H,4,17H2,1-3H3,(H3,32,33,35,36)/p+1. The number of anilines is 1. The van der Waals surface area contributed by atoms with E-state index in [2.05, 4.69) is 20.6 Å². The lowest BCUT2D eigenvalue weighted by atomic mass is 10.00. The van der Waals surface area contributed by atoms with Crippen LogP contribution in [-0.4, -0.2) is 32.3 Å². The van der Waals surface area contributed by atoms with Crippen LogP contribution in [0.5, 0.6) is 5.75 Å². The molecule has 0 aliphatic heterocycles. The number of H-pyrrole nitrogens is 1. The summed E-state index contributed by atoms with van der Waals surface area (Å²) in [6.07, 6.45) is 2.06. The molecule has 4 aromatic rings. The molecule has 9 nitrogen and oxygen atoms in total. The van der Waals surface area contributed by atoms with Gasteiger partial charge in [0.1, 0.15) is 17.8 Å². The van der Waals surface area contributed by atoms with Gasteiger partial charge in [-0.3, -0.25) is 5.32 Å². The first-order valence-electron chi connectivity index (χ1n) is 12.9. The zero-order chi connectivity index (χ0) is 29.6. The molecule has 6 N–H and O–H groups in total. The van der Waals surface area contributed by atoms with E-state index < -0.39 is 16.1 Å². The molecular weight excluding hydrogens is 545 g/mol. The molecule has 0 aliphatic carbocycles. The second kappa shape index (κ2) is 12.9. The highest BCUT2D eigenvalue weighted by molar-refractivity contribution is 7.90. The van der Waals surface area contributed by atoms with E-state index in [0.717, 1.165) is 34.1 Å². The number of aromatic nitrogens is 1. The average Bonchev–Trinajstić information content (AvgIpc) is 2.93. The molecule has 41 heavy (non-hydrogen) atoms. The third-order valence-corrected chi connectivity index (χ3v) is 7.40. The molecule has 0 amide bonds. The van der Waals surface area contributed by atoms with Gasteiger partial charge in [0, 0.05) is 30.5 Å². The monoisotopic (exact) mass is 578 g/mol. The Hall–Kier alpha value is -4.32. The van der Waals surface area contributed by atoms with Gasteiger partial charge >= 0.3 is 11.8 Å². The lowest BCUT2D eigenvalue weighted by Crippen LogP contribution is -2.23. The molecule has 0 aliphatic rings. The highest BCUT2D eigenvalue weighted by Gasteiger charge is 2.15. The fourth-order valence-electron chi connectivity index (χ4n) is 4.16. The molecule has 0 fully saturated rings. The van der Waals surface area contributed by atoms with Crippen LogP contribution in [0.1, 0.15) is 29.8 Å². The molecule has 0 saturated heterocycles. The number of hydrogen-bond donors (Lipinski definition) is 4. The van der Waals surface area contributed by atoms with Gasteiger partial charge in [-0.1, -0.05) is 30.3 Å². The summed E-state index contributed by atoms with van der Waals surface area (Å²) in [5, 5.41) is 16.7. The number of nitrogens with two attached hydrogens (primary N) is 1. The van der Waals surface area contributed by atoms with Crippen molar-refractivity contribution in [2.75, 3.05) is 18.2 Å². The third-order valence-electron chi connectivity index (χ3n) is 6.29. The number of nitrogens with one attached hydrogen (secondary N) is 3. The number of aliphatic hydroxyl groups excluding tert-OH is 1. The fraction of sp³-hybridized carbons (Fsp3) is 0.200. The second-order valence-corrected chi connectivity index (χ2v) is 11.4. The lowest BCUT2D eigenvalue weighted by molar-refractivity contribution is -0.361. The molecule has 4 rings (SSSR count). The number of benzene rings is 3. The maximum atomic E-state index is 13.1. The maximum absolute atomic E-state index is 13.1. The molecule has 214 valence electrons. The molecule has 1 aromatic heterocycles. The average molecular weight is 579 g/mol. The molecule has 0 saturated carbocycles. The number of nitrogens with zero attached hydrogens (tertiary/aromatic N) is 1. The Labute approximate surface area is 238 Å². The van der Waals surface area contributed by atoms with Crippen LogP contribution in [0, 0.1) is 12.7 Å². The smallest absolute Gasteiger partial charge is 0.325 e. The predicted octanol–water partition coefficient (Wildman–Crippen LogP) is 4.26.